The highest BCUT2D eigenvalue weighted by atomic mass is 16.5. The van der Waals surface area contributed by atoms with Gasteiger partial charge in [-0.05, 0) is 36.9 Å². The number of hydrogen-bond acceptors (Lipinski definition) is 2. The Kier molecular flexibility index (Phi) is 3.47. The van der Waals surface area contributed by atoms with Crippen molar-refractivity contribution in [2.24, 2.45) is 0 Å². The standard InChI is InChI=1S/C14H17NO2/c1-11-5-6-13-12(10-11)7-9-15(13)8-3-4-14(16)17-2/h5-7,9-10H,3-4,8H2,1-2H3. The van der Waals surface area contributed by atoms with Crippen molar-refractivity contribution in [3.8, 4) is 0 Å². The van der Waals surface area contributed by atoms with E-state index in [1.54, 1.807) is 0 Å². The molecule has 90 valence electrons. The number of carbonyl (C=O) groups excluding carboxylic acids is 1. The van der Waals surface area contributed by atoms with Crippen LogP contribution >= 0.6 is 0 Å². The Morgan fingerprint density at radius 3 is 2.94 bits per heavy atom. The van der Waals surface area contributed by atoms with Gasteiger partial charge < -0.3 is 9.30 Å². The third-order valence-corrected chi connectivity index (χ3v) is 2.93. The van der Waals surface area contributed by atoms with E-state index >= 15 is 0 Å². The molecule has 0 radical (unpaired) electrons. The van der Waals surface area contributed by atoms with Gasteiger partial charge in [-0.2, -0.15) is 0 Å². The molecule has 0 saturated carbocycles. The first kappa shape index (κ1) is 11.7. The van der Waals surface area contributed by atoms with Crippen molar-refractivity contribution in [2.75, 3.05) is 7.11 Å². The lowest BCUT2D eigenvalue weighted by Crippen LogP contribution is -2.03. The molecule has 3 heteroatoms. The number of aromatic nitrogens is 1. The number of ether oxygens (including phenoxy) is 1. The lowest BCUT2D eigenvalue weighted by molar-refractivity contribution is -0.140. The SMILES string of the molecule is COC(=O)CCCn1ccc2cc(C)ccc21. The Morgan fingerprint density at radius 2 is 2.18 bits per heavy atom. The van der Waals surface area contributed by atoms with Crippen LogP contribution in [0.4, 0.5) is 0 Å². The maximum Gasteiger partial charge on any atom is 0.305 e. The van der Waals surface area contributed by atoms with Crippen LogP contribution in [-0.4, -0.2) is 17.6 Å². The van der Waals surface area contributed by atoms with Crippen molar-refractivity contribution in [2.45, 2.75) is 26.3 Å². The number of rotatable bonds is 4. The zero-order chi connectivity index (χ0) is 12.3. The normalized spacial score (nSPS) is 10.7. The van der Waals surface area contributed by atoms with Gasteiger partial charge in [-0.25, -0.2) is 0 Å². The van der Waals surface area contributed by atoms with Crippen LogP contribution in [-0.2, 0) is 16.1 Å². The molecule has 0 N–H and O–H groups in total. The predicted molar refractivity (Wildman–Crippen MR) is 67.9 cm³/mol. The molecule has 0 aliphatic carbocycles. The summed E-state index contributed by atoms with van der Waals surface area (Å²) in [4.78, 5) is 11.0. The van der Waals surface area contributed by atoms with Crippen LogP contribution in [0.3, 0.4) is 0 Å². The molecule has 1 aromatic heterocycles. The predicted octanol–water partition coefficient (Wildman–Crippen LogP) is 2.90. The maximum atomic E-state index is 11.0. The molecule has 2 rings (SSSR count). The van der Waals surface area contributed by atoms with Gasteiger partial charge in [0.15, 0.2) is 0 Å². The summed E-state index contributed by atoms with van der Waals surface area (Å²) in [7, 11) is 1.43. The highest BCUT2D eigenvalue weighted by Gasteiger charge is 2.03. The molecule has 1 aromatic carbocycles. The fourth-order valence-electron chi connectivity index (χ4n) is 2.01. The Labute approximate surface area is 101 Å². The summed E-state index contributed by atoms with van der Waals surface area (Å²) in [5, 5.41) is 1.25. The second-order valence-corrected chi connectivity index (χ2v) is 4.25. The molecule has 0 saturated heterocycles. The van der Waals surface area contributed by atoms with E-state index in [2.05, 4.69) is 46.7 Å². The third kappa shape index (κ3) is 2.67. The highest BCUT2D eigenvalue weighted by molar-refractivity contribution is 5.80. The molecular weight excluding hydrogens is 214 g/mol. The highest BCUT2D eigenvalue weighted by Crippen LogP contribution is 2.17. The molecule has 0 spiro atoms. The summed E-state index contributed by atoms with van der Waals surface area (Å²) in [5.41, 5.74) is 2.49. The van der Waals surface area contributed by atoms with Gasteiger partial charge in [0.25, 0.3) is 0 Å². The monoisotopic (exact) mass is 231 g/mol. The van der Waals surface area contributed by atoms with Gasteiger partial charge in [-0.3, -0.25) is 4.79 Å². The first-order valence-electron chi connectivity index (χ1n) is 5.83. The summed E-state index contributed by atoms with van der Waals surface area (Å²) in [6.07, 6.45) is 3.35. The van der Waals surface area contributed by atoms with Crippen molar-refractivity contribution in [1.82, 2.24) is 4.57 Å². The fraction of sp³-hybridized carbons (Fsp3) is 0.357. The van der Waals surface area contributed by atoms with Crippen molar-refractivity contribution < 1.29 is 9.53 Å². The van der Waals surface area contributed by atoms with Crippen LogP contribution in [0, 0.1) is 6.92 Å². The lowest BCUT2D eigenvalue weighted by atomic mass is 10.2. The number of esters is 1. The van der Waals surface area contributed by atoms with Crippen LogP contribution < -0.4 is 0 Å². The molecule has 0 aliphatic heterocycles. The molecule has 0 bridgehead atoms. The Balaban J connectivity index is 2.06. The van der Waals surface area contributed by atoms with E-state index < -0.39 is 0 Å². The van der Waals surface area contributed by atoms with Gasteiger partial charge >= 0.3 is 5.97 Å². The maximum absolute atomic E-state index is 11.0. The van der Waals surface area contributed by atoms with Crippen LogP contribution in [0.15, 0.2) is 30.5 Å². The summed E-state index contributed by atoms with van der Waals surface area (Å²) >= 11 is 0. The minimum atomic E-state index is -0.141. The first-order chi connectivity index (χ1) is 8.20. The van der Waals surface area contributed by atoms with Crippen molar-refractivity contribution in [1.29, 1.82) is 0 Å². The number of carbonyl (C=O) groups is 1. The van der Waals surface area contributed by atoms with Crippen LogP contribution in [0.5, 0.6) is 0 Å². The van der Waals surface area contributed by atoms with Gasteiger partial charge in [0.1, 0.15) is 0 Å². The summed E-state index contributed by atoms with van der Waals surface area (Å²) in [6, 6.07) is 8.52. The van der Waals surface area contributed by atoms with Crippen LogP contribution in [0.2, 0.25) is 0 Å². The first-order valence-corrected chi connectivity index (χ1v) is 5.83. The van der Waals surface area contributed by atoms with E-state index in [4.69, 9.17) is 0 Å². The smallest absolute Gasteiger partial charge is 0.305 e. The minimum Gasteiger partial charge on any atom is -0.469 e. The van der Waals surface area contributed by atoms with Crippen molar-refractivity contribution >= 4 is 16.9 Å². The van der Waals surface area contributed by atoms with Gasteiger partial charge in [0.05, 0.1) is 7.11 Å². The number of benzene rings is 1. The van der Waals surface area contributed by atoms with E-state index in [1.807, 2.05) is 0 Å². The average Bonchev–Trinajstić information content (AvgIpc) is 2.71. The summed E-state index contributed by atoms with van der Waals surface area (Å²) in [5.74, 6) is -0.141. The van der Waals surface area contributed by atoms with E-state index in [0.29, 0.717) is 6.42 Å². The molecule has 0 fully saturated rings. The largest absolute Gasteiger partial charge is 0.469 e. The van der Waals surface area contributed by atoms with E-state index in [9.17, 15) is 4.79 Å². The molecule has 0 amide bonds. The summed E-state index contributed by atoms with van der Waals surface area (Å²) in [6.45, 7) is 2.94. The van der Waals surface area contributed by atoms with Gasteiger partial charge in [0, 0.05) is 24.7 Å². The molecule has 3 nitrogen and oxygen atoms in total. The van der Waals surface area contributed by atoms with Gasteiger partial charge in [-0.15, -0.1) is 0 Å². The third-order valence-electron chi connectivity index (χ3n) is 2.93. The zero-order valence-electron chi connectivity index (χ0n) is 10.3. The van der Waals surface area contributed by atoms with Crippen LogP contribution in [0.25, 0.3) is 10.9 Å². The second kappa shape index (κ2) is 5.04. The number of fused-ring (bicyclic) bond motifs is 1. The van der Waals surface area contributed by atoms with E-state index in [0.717, 1.165) is 13.0 Å². The Bertz CT molecular complexity index is 528. The topological polar surface area (TPSA) is 31.2 Å². The van der Waals surface area contributed by atoms with E-state index in [1.165, 1.54) is 23.6 Å². The van der Waals surface area contributed by atoms with E-state index in [-0.39, 0.29) is 5.97 Å². The molecule has 2 aromatic rings. The fourth-order valence-corrected chi connectivity index (χ4v) is 2.01. The van der Waals surface area contributed by atoms with Gasteiger partial charge in [0.2, 0.25) is 0 Å². The Hall–Kier alpha value is -1.77. The molecule has 0 unspecified atom stereocenters. The average molecular weight is 231 g/mol. The lowest BCUT2D eigenvalue weighted by Gasteiger charge is -2.05. The van der Waals surface area contributed by atoms with Crippen LogP contribution in [0.1, 0.15) is 18.4 Å². The molecule has 0 atom stereocenters. The number of methoxy groups -OCH3 is 1. The van der Waals surface area contributed by atoms with Gasteiger partial charge in [-0.1, -0.05) is 11.6 Å². The number of aryl methyl sites for hydroxylation is 2. The molecule has 17 heavy (non-hydrogen) atoms. The molecular formula is C14H17NO2. The van der Waals surface area contributed by atoms with Crippen molar-refractivity contribution in [3.05, 3.63) is 36.0 Å². The molecule has 0 aliphatic rings. The quantitative estimate of drug-likeness (QED) is 0.758. The number of hydrogen-bond donors (Lipinski definition) is 0. The minimum absolute atomic E-state index is 0.141. The Morgan fingerprint density at radius 1 is 1.35 bits per heavy atom. The molecule has 1 heterocycles. The second-order valence-electron chi connectivity index (χ2n) is 4.25. The summed E-state index contributed by atoms with van der Waals surface area (Å²) < 4.78 is 6.80. The van der Waals surface area contributed by atoms with Crippen molar-refractivity contribution in [3.63, 3.8) is 0 Å². The number of nitrogens with zero attached hydrogens (tertiary/aromatic N) is 1. The zero-order valence-corrected chi connectivity index (χ0v) is 10.3.